The summed E-state index contributed by atoms with van der Waals surface area (Å²) in [4.78, 5) is 26.9. The van der Waals surface area contributed by atoms with Gasteiger partial charge < -0.3 is 24.2 Å². The number of unbranched alkanes of at least 4 members (excludes halogenated alkanes) is 20. The van der Waals surface area contributed by atoms with E-state index in [2.05, 4.69) is 46.7 Å². The number of hydrogen-bond donors (Lipinski definition) is 1. The molecule has 7 nitrogen and oxygen atoms in total. The SMILES string of the molecule is CCCCCC(CCCCC)CCOC(=O)CCCCCCCCCC(CCCCCCCCCC(=O)OCCC(CCCCC)CCCCC)OC(O)CCCN(C)C. The van der Waals surface area contributed by atoms with Gasteiger partial charge in [-0.05, 0) is 83.8 Å². The minimum Gasteiger partial charge on any atom is -0.466 e. The molecule has 1 N–H and O–H groups in total. The largest absolute Gasteiger partial charge is 0.466 e. The maximum Gasteiger partial charge on any atom is 0.305 e. The van der Waals surface area contributed by atoms with Crippen LogP contribution in [-0.2, 0) is 23.8 Å². The number of aliphatic hydroxyl groups excluding tert-OH is 1. The molecule has 0 rings (SSSR count). The van der Waals surface area contributed by atoms with E-state index in [-0.39, 0.29) is 18.0 Å². The summed E-state index contributed by atoms with van der Waals surface area (Å²) >= 11 is 0. The van der Waals surface area contributed by atoms with Crippen molar-refractivity contribution in [3.8, 4) is 0 Å². The lowest BCUT2D eigenvalue weighted by Gasteiger charge is -2.22. The highest BCUT2D eigenvalue weighted by Gasteiger charge is 2.16. The van der Waals surface area contributed by atoms with Crippen LogP contribution in [0.15, 0.2) is 0 Å². The Morgan fingerprint density at radius 2 is 0.750 bits per heavy atom. The molecule has 0 bridgehead atoms. The van der Waals surface area contributed by atoms with Crippen molar-refractivity contribution in [1.82, 2.24) is 4.90 Å². The first-order valence-electron chi connectivity index (χ1n) is 26.5. The molecule has 0 radical (unpaired) electrons. The molecule has 0 heterocycles. The zero-order chi connectivity index (χ0) is 44.2. The van der Waals surface area contributed by atoms with Crippen LogP contribution >= 0.6 is 0 Å². The van der Waals surface area contributed by atoms with Gasteiger partial charge in [0, 0.05) is 12.8 Å². The second kappa shape index (κ2) is 45.8. The number of aliphatic hydroxyl groups is 1. The molecule has 0 aliphatic rings. The summed E-state index contributed by atoms with van der Waals surface area (Å²) in [5.74, 6) is 1.40. The van der Waals surface area contributed by atoms with Gasteiger partial charge >= 0.3 is 11.9 Å². The van der Waals surface area contributed by atoms with Crippen LogP contribution in [0.1, 0.15) is 272 Å². The molecule has 0 aromatic carbocycles. The average molecular weight is 852 g/mol. The zero-order valence-electron chi connectivity index (χ0n) is 41.2. The smallest absolute Gasteiger partial charge is 0.305 e. The second-order valence-electron chi connectivity index (χ2n) is 18.9. The highest BCUT2D eigenvalue weighted by molar-refractivity contribution is 5.69. The minimum absolute atomic E-state index is 0.00975. The van der Waals surface area contributed by atoms with E-state index in [0.717, 1.165) is 77.2 Å². The van der Waals surface area contributed by atoms with Crippen LogP contribution in [0.2, 0.25) is 0 Å². The molecule has 0 spiro atoms. The molecule has 0 aliphatic heterocycles. The molecule has 0 aromatic heterocycles. The van der Waals surface area contributed by atoms with E-state index in [4.69, 9.17) is 14.2 Å². The van der Waals surface area contributed by atoms with Crippen molar-refractivity contribution < 1.29 is 28.9 Å². The third kappa shape index (κ3) is 42.1. The van der Waals surface area contributed by atoms with Gasteiger partial charge in [0.2, 0.25) is 0 Å². The molecule has 0 aliphatic carbocycles. The van der Waals surface area contributed by atoms with Crippen LogP contribution in [0.3, 0.4) is 0 Å². The van der Waals surface area contributed by atoms with Crippen LogP contribution in [0.25, 0.3) is 0 Å². The Labute approximate surface area is 374 Å². The number of hydrogen-bond acceptors (Lipinski definition) is 7. The van der Waals surface area contributed by atoms with Crippen molar-refractivity contribution in [3.05, 3.63) is 0 Å². The van der Waals surface area contributed by atoms with E-state index in [1.165, 1.54) is 154 Å². The van der Waals surface area contributed by atoms with Gasteiger partial charge in [0.05, 0.1) is 19.3 Å². The standard InChI is InChI=1S/C53H105NO6/c1-7-11-25-34-48(35-26-12-8-2)43-46-58-51(55)40-31-23-19-15-17-21-29-38-50(60-53(57)42-33-45-54(5)6)39-30-22-18-16-20-24-32-41-52(56)59-47-44-49(36-27-13-9-3)37-28-14-10-4/h48-50,53,57H,7-47H2,1-6H3. The Morgan fingerprint density at radius 1 is 0.417 bits per heavy atom. The Balaban J connectivity index is 4.22. The predicted octanol–water partition coefficient (Wildman–Crippen LogP) is 15.5. The fourth-order valence-corrected chi connectivity index (χ4v) is 8.62. The van der Waals surface area contributed by atoms with Gasteiger partial charge in [-0.1, -0.05) is 207 Å². The van der Waals surface area contributed by atoms with E-state index in [1.54, 1.807) is 0 Å². The summed E-state index contributed by atoms with van der Waals surface area (Å²) in [6.45, 7) is 11.2. The first-order chi connectivity index (χ1) is 29.2. The fourth-order valence-electron chi connectivity index (χ4n) is 8.62. The summed E-state index contributed by atoms with van der Waals surface area (Å²) in [5.41, 5.74) is 0. The zero-order valence-corrected chi connectivity index (χ0v) is 41.2. The van der Waals surface area contributed by atoms with Gasteiger partial charge in [-0.15, -0.1) is 0 Å². The van der Waals surface area contributed by atoms with E-state index in [9.17, 15) is 14.7 Å². The van der Waals surface area contributed by atoms with Crippen LogP contribution in [-0.4, -0.2) is 68.2 Å². The van der Waals surface area contributed by atoms with Crippen LogP contribution in [0, 0.1) is 11.8 Å². The van der Waals surface area contributed by atoms with Gasteiger partial charge in [0.25, 0.3) is 0 Å². The van der Waals surface area contributed by atoms with Gasteiger partial charge in [0.15, 0.2) is 6.29 Å². The summed E-state index contributed by atoms with van der Waals surface area (Å²) in [6, 6.07) is 0. The molecule has 1 unspecified atom stereocenters. The molecule has 7 heteroatoms. The van der Waals surface area contributed by atoms with E-state index < -0.39 is 6.29 Å². The van der Waals surface area contributed by atoms with E-state index in [0.29, 0.717) is 44.3 Å². The molecule has 0 aromatic rings. The highest BCUT2D eigenvalue weighted by Crippen LogP contribution is 2.23. The number of nitrogens with zero attached hydrogens (tertiary/aromatic N) is 1. The maximum absolute atomic E-state index is 12.4. The lowest BCUT2D eigenvalue weighted by molar-refractivity contribution is -0.145. The molecule has 60 heavy (non-hydrogen) atoms. The number of carbonyl (C=O) groups is 2. The molecule has 0 saturated heterocycles. The van der Waals surface area contributed by atoms with Crippen LogP contribution < -0.4 is 0 Å². The quantitative estimate of drug-likeness (QED) is 0.0371. The summed E-state index contributed by atoms with van der Waals surface area (Å²) < 4.78 is 17.5. The van der Waals surface area contributed by atoms with Crippen LogP contribution in [0.5, 0.6) is 0 Å². The van der Waals surface area contributed by atoms with E-state index >= 15 is 0 Å². The monoisotopic (exact) mass is 852 g/mol. The number of carbonyl (C=O) groups excluding carboxylic acids is 2. The lowest BCUT2D eigenvalue weighted by Crippen LogP contribution is -2.23. The second-order valence-corrected chi connectivity index (χ2v) is 18.9. The summed E-state index contributed by atoms with van der Waals surface area (Å²) in [6.07, 6.45) is 42.9. The topological polar surface area (TPSA) is 85.3 Å². The lowest BCUT2D eigenvalue weighted by atomic mass is 9.92. The van der Waals surface area contributed by atoms with E-state index in [1.807, 2.05) is 0 Å². The van der Waals surface area contributed by atoms with Crippen molar-refractivity contribution in [3.63, 3.8) is 0 Å². The molecule has 358 valence electrons. The Morgan fingerprint density at radius 3 is 1.10 bits per heavy atom. The maximum atomic E-state index is 12.4. The van der Waals surface area contributed by atoms with Gasteiger partial charge in [-0.25, -0.2) is 0 Å². The van der Waals surface area contributed by atoms with Gasteiger partial charge in [-0.2, -0.15) is 0 Å². The Kier molecular flexibility index (Phi) is 44.9. The summed E-state index contributed by atoms with van der Waals surface area (Å²) in [7, 11) is 4.14. The van der Waals surface area contributed by atoms with Crippen molar-refractivity contribution >= 4 is 11.9 Å². The van der Waals surface area contributed by atoms with Crippen molar-refractivity contribution in [2.45, 2.75) is 284 Å². The average Bonchev–Trinajstić information content (AvgIpc) is 3.22. The molecule has 1 atom stereocenters. The number of rotatable bonds is 48. The predicted molar refractivity (Wildman–Crippen MR) is 256 cm³/mol. The molecular formula is C53H105NO6. The van der Waals surface area contributed by atoms with Crippen molar-refractivity contribution in [2.24, 2.45) is 11.8 Å². The number of esters is 2. The molecular weight excluding hydrogens is 747 g/mol. The van der Waals surface area contributed by atoms with Crippen LogP contribution in [0.4, 0.5) is 0 Å². The minimum atomic E-state index is -0.677. The molecule has 0 saturated carbocycles. The fraction of sp³-hybridized carbons (Fsp3) is 0.962. The highest BCUT2D eigenvalue weighted by atomic mass is 16.6. The third-order valence-corrected chi connectivity index (χ3v) is 12.7. The number of ether oxygens (including phenoxy) is 3. The van der Waals surface area contributed by atoms with Gasteiger partial charge in [0.1, 0.15) is 0 Å². The first-order valence-corrected chi connectivity index (χ1v) is 26.5. The Hall–Kier alpha value is -1.18. The van der Waals surface area contributed by atoms with Crippen molar-refractivity contribution in [2.75, 3.05) is 33.9 Å². The normalized spacial score (nSPS) is 12.4. The molecule has 0 amide bonds. The molecule has 0 fully saturated rings. The Bertz CT molecular complexity index is 819. The first kappa shape index (κ1) is 58.8. The summed E-state index contributed by atoms with van der Waals surface area (Å²) in [5, 5.41) is 10.7. The van der Waals surface area contributed by atoms with Gasteiger partial charge in [-0.3, -0.25) is 9.59 Å². The third-order valence-electron chi connectivity index (χ3n) is 12.7. The van der Waals surface area contributed by atoms with Crippen molar-refractivity contribution in [1.29, 1.82) is 0 Å².